The molecule has 0 aliphatic rings. The van der Waals surface area contributed by atoms with Gasteiger partial charge in [-0.3, -0.25) is 9.10 Å². The smallest absolute Gasteiger partial charge is 0.264 e. The molecule has 3 aromatic carbocycles. The van der Waals surface area contributed by atoms with Gasteiger partial charge in [-0.2, -0.15) is 0 Å². The molecule has 0 radical (unpaired) electrons. The van der Waals surface area contributed by atoms with Gasteiger partial charge in [0, 0.05) is 19.2 Å². The molecule has 0 atom stereocenters. The summed E-state index contributed by atoms with van der Waals surface area (Å²) in [6.45, 7) is 2.08. The van der Waals surface area contributed by atoms with E-state index in [9.17, 15) is 17.6 Å². The molecule has 1 N–H and O–H groups in total. The lowest BCUT2D eigenvalue weighted by Gasteiger charge is -2.20. The third kappa shape index (κ3) is 4.81. The van der Waals surface area contributed by atoms with Gasteiger partial charge in [0.2, 0.25) is 0 Å². The number of aryl methyl sites for hydroxylation is 1. The molecule has 3 rings (SSSR count). The molecular formula is C22H21FN2O3S. The summed E-state index contributed by atoms with van der Waals surface area (Å²) in [5, 5.41) is 2.72. The summed E-state index contributed by atoms with van der Waals surface area (Å²) in [6.07, 6.45) is 0. The van der Waals surface area contributed by atoms with Crippen LogP contribution in [0.4, 0.5) is 10.1 Å². The number of nitrogens with one attached hydrogen (secondary N) is 1. The third-order valence-electron chi connectivity index (χ3n) is 4.51. The number of hydrogen-bond acceptors (Lipinski definition) is 3. The first-order chi connectivity index (χ1) is 13.8. The number of sulfonamides is 1. The molecule has 0 bridgehead atoms. The standard InChI is InChI=1S/C22H21FN2O3S/c1-16-6-12-21(13-7-16)29(27,28)25(2)20-10-8-18(9-11-20)22(26)24-15-17-4-3-5-19(23)14-17/h3-14H,15H2,1-2H3,(H,24,26). The Bertz CT molecular complexity index is 1110. The van der Waals surface area contributed by atoms with Gasteiger partial charge in [0.25, 0.3) is 15.9 Å². The number of benzene rings is 3. The minimum Gasteiger partial charge on any atom is -0.348 e. The molecule has 1 amide bonds. The zero-order chi connectivity index (χ0) is 21.0. The predicted octanol–water partition coefficient (Wildman–Crippen LogP) is 3.89. The van der Waals surface area contributed by atoms with Crippen LogP contribution in [0, 0.1) is 12.7 Å². The van der Waals surface area contributed by atoms with Gasteiger partial charge >= 0.3 is 0 Å². The average Bonchev–Trinajstić information content (AvgIpc) is 2.72. The Morgan fingerprint density at radius 1 is 1.00 bits per heavy atom. The Hall–Kier alpha value is -3.19. The second-order valence-electron chi connectivity index (χ2n) is 6.65. The fraction of sp³-hybridized carbons (Fsp3) is 0.136. The van der Waals surface area contributed by atoms with Crippen LogP contribution in [0.5, 0.6) is 0 Å². The largest absolute Gasteiger partial charge is 0.348 e. The van der Waals surface area contributed by atoms with Gasteiger partial charge in [-0.15, -0.1) is 0 Å². The van der Waals surface area contributed by atoms with E-state index in [1.165, 1.54) is 23.5 Å². The van der Waals surface area contributed by atoms with Crippen molar-refractivity contribution in [2.45, 2.75) is 18.4 Å². The number of anilines is 1. The van der Waals surface area contributed by atoms with Gasteiger partial charge in [0.1, 0.15) is 5.82 Å². The number of amides is 1. The number of halogens is 1. The van der Waals surface area contributed by atoms with E-state index < -0.39 is 10.0 Å². The molecule has 7 heteroatoms. The van der Waals surface area contributed by atoms with Gasteiger partial charge in [-0.05, 0) is 61.0 Å². The molecule has 0 spiro atoms. The topological polar surface area (TPSA) is 66.5 Å². The van der Waals surface area contributed by atoms with Crippen molar-refractivity contribution < 1.29 is 17.6 Å². The summed E-state index contributed by atoms with van der Waals surface area (Å²) < 4.78 is 39.9. The van der Waals surface area contributed by atoms with Crippen molar-refractivity contribution in [1.29, 1.82) is 0 Å². The fourth-order valence-corrected chi connectivity index (χ4v) is 3.96. The van der Waals surface area contributed by atoms with E-state index in [0.29, 0.717) is 16.8 Å². The van der Waals surface area contributed by atoms with Crippen molar-refractivity contribution in [3.8, 4) is 0 Å². The zero-order valence-corrected chi connectivity index (χ0v) is 16.9. The molecule has 0 saturated heterocycles. The molecule has 150 valence electrons. The number of rotatable bonds is 6. The molecule has 5 nitrogen and oxygen atoms in total. The second kappa shape index (κ2) is 8.45. The highest BCUT2D eigenvalue weighted by atomic mass is 32.2. The van der Waals surface area contributed by atoms with E-state index >= 15 is 0 Å². The minimum absolute atomic E-state index is 0.194. The van der Waals surface area contributed by atoms with Crippen LogP contribution in [-0.4, -0.2) is 21.4 Å². The van der Waals surface area contributed by atoms with Crippen LogP contribution < -0.4 is 9.62 Å². The number of carbonyl (C=O) groups excluding carboxylic acids is 1. The maximum absolute atomic E-state index is 13.2. The zero-order valence-electron chi connectivity index (χ0n) is 16.1. The molecule has 3 aromatic rings. The highest BCUT2D eigenvalue weighted by Crippen LogP contribution is 2.22. The molecule has 0 unspecified atom stereocenters. The maximum atomic E-state index is 13.2. The van der Waals surface area contributed by atoms with Crippen LogP contribution in [0.25, 0.3) is 0 Å². The van der Waals surface area contributed by atoms with Crippen molar-refractivity contribution in [2.75, 3.05) is 11.4 Å². The first-order valence-electron chi connectivity index (χ1n) is 8.96. The van der Waals surface area contributed by atoms with Crippen molar-refractivity contribution in [2.24, 2.45) is 0 Å². The first kappa shape index (κ1) is 20.5. The predicted molar refractivity (Wildman–Crippen MR) is 111 cm³/mol. The van der Waals surface area contributed by atoms with Crippen molar-refractivity contribution in [3.05, 3.63) is 95.3 Å². The lowest BCUT2D eigenvalue weighted by Crippen LogP contribution is -2.27. The van der Waals surface area contributed by atoms with Crippen LogP contribution in [0.2, 0.25) is 0 Å². The van der Waals surface area contributed by atoms with Gasteiger partial charge < -0.3 is 5.32 Å². The van der Waals surface area contributed by atoms with Crippen LogP contribution in [0.15, 0.2) is 77.7 Å². The van der Waals surface area contributed by atoms with E-state index in [0.717, 1.165) is 5.56 Å². The van der Waals surface area contributed by atoms with E-state index in [-0.39, 0.29) is 23.2 Å². The molecule has 0 aromatic heterocycles. The monoisotopic (exact) mass is 412 g/mol. The van der Waals surface area contributed by atoms with Gasteiger partial charge in [-0.1, -0.05) is 29.8 Å². The molecule has 29 heavy (non-hydrogen) atoms. The quantitative estimate of drug-likeness (QED) is 0.668. The fourth-order valence-electron chi connectivity index (χ4n) is 2.76. The summed E-state index contributed by atoms with van der Waals surface area (Å²) in [4.78, 5) is 12.5. The van der Waals surface area contributed by atoms with Crippen LogP contribution >= 0.6 is 0 Å². The van der Waals surface area contributed by atoms with Crippen molar-refractivity contribution in [1.82, 2.24) is 5.32 Å². The van der Waals surface area contributed by atoms with Gasteiger partial charge in [0.05, 0.1) is 10.6 Å². The molecule has 0 aliphatic heterocycles. The summed E-state index contributed by atoms with van der Waals surface area (Å²) in [7, 11) is -2.23. The van der Waals surface area contributed by atoms with E-state index in [2.05, 4.69) is 5.32 Å². The second-order valence-corrected chi connectivity index (χ2v) is 8.61. The number of carbonyl (C=O) groups is 1. The third-order valence-corrected chi connectivity index (χ3v) is 6.31. The van der Waals surface area contributed by atoms with Gasteiger partial charge in [-0.25, -0.2) is 12.8 Å². The van der Waals surface area contributed by atoms with E-state index in [1.54, 1.807) is 60.7 Å². The number of hydrogen-bond donors (Lipinski definition) is 1. The van der Waals surface area contributed by atoms with E-state index in [1.807, 2.05) is 6.92 Å². The van der Waals surface area contributed by atoms with Crippen molar-refractivity contribution >= 4 is 21.6 Å². The van der Waals surface area contributed by atoms with E-state index in [4.69, 9.17) is 0 Å². The molecule has 0 aliphatic carbocycles. The van der Waals surface area contributed by atoms with Crippen LogP contribution in [-0.2, 0) is 16.6 Å². The highest BCUT2D eigenvalue weighted by Gasteiger charge is 2.21. The lowest BCUT2D eigenvalue weighted by molar-refractivity contribution is 0.0951. The normalized spacial score (nSPS) is 11.1. The Kier molecular flexibility index (Phi) is 5.98. The summed E-state index contributed by atoms with van der Waals surface area (Å²) in [5.41, 5.74) is 2.44. The van der Waals surface area contributed by atoms with Crippen LogP contribution in [0.3, 0.4) is 0 Å². The van der Waals surface area contributed by atoms with Crippen molar-refractivity contribution in [3.63, 3.8) is 0 Å². The molecule has 0 heterocycles. The first-order valence-corrected chi connectivity index (χ1v) is 10.4. The molecular weight excluding hydrogens is 391 g/mol. The SMILES string of the molecule is Cc1ccc(S(=O)(=O)N(C)c2ccc(C(=O)NCc3cccc(F)c3)cc2)cc1. The Morgan fingerprint density at radius 3 is 2.28 bits per heavy atom. The summed E-state index contributed by atoms with van der Waals surface area (Å²) in [5.74, 6) is -0.691. The van der Waals surface area contributed by atoms with Gasteiger partial charge in [0.15, 0.2) is 0 Å². The minimum atomic E-state index is -3.69. The maximum Gasteiger partial charge on any atom is 0.264 e. The summed E-state index contributed by atoms with van der Waals surface area (Å²) in [6, 6.07) is 18.9. The van der Waals surface area contributed by atoms with Crippen LogP contribution in [0.1, 0.15) is 21.5 Å². The molecule has 0 fully saturated rings. The molecule has 0 saturated carbocycles. The lowest BCUT2D eigenvalue weighted by atomic mass is 10.1. The average molecular weight is 412 g/mol. The Labute approximate surface area is 169 Å². The summed E-state index contributed by atoms with van der Waals surface area (Å²) >= 11 is 0. The number of nitrogens with zero attached hydrogens (tertiary/aromatic N) is 1. The Morgan fingerprint density at radius 2 is 1.66 bits per heavy atom. The Balaban J connectivity index is 1.70. The highest BCUT2D eigenvalue weighted by molar-refractivity contribution is 7.92.